The van der Waals surface area contributed by atoms with Gasteiger partial charge in [-0.25, -0.2) is 0 Å². The quantitative estimate of drug-likeness (QED) is 0.692. The Kier molecular flexibility index (Phi) is 7.09. The Balaban J connectivity index is 3.31. The topological polar surface area (TPSA) is 55.8 Å². The molecule has 21 heavy (non-hydrogen) atoms. The molecular formula is C15H24NO4P. The fourth-order valence-electron chi connectivity index (χ4n) is 2.09. The molecule has 118 valence electrons. The summed E-state index contributed by atoms with van der Waals surface area (Å²) in [5.74, 6) is -0.157. The van der Waals surface area contributed by atoms with Crippen LogP contribution in [0.15, 0.2) is 24.3 Å². The monoisotopic (exact) mass is 313 g/mol. The van der Waals surface area contributed by atoms with Gasteiger partial charge in [-0.3, -0.25) is 9.36 Å². The molecule has 1 aromatic rings. The highest BCUT2D eigenvalue weighted by atomic mass is 31.2. The van der Waals surface area contributed by atoms with E-state index in [1.165, 1.54) is 0 Å². The Bertz CT molecular complexity index is 504. The fourth-order valence-corrected chi connectivity index (χ4v) is 3.86. The van der Waals surface area contributed by atoms with Gasteiger partial charge in [-0.2, -0.15) is 0 Å². The smallest absolute Gasteiger partial charge is 0.339 e. The summed E-state index contributed by atoms with van der Waals surface area (Å²) in [5, 5.41) is 0.339. The third-order valence-electron chi connectivity index (χ3n) is 3.08. The molecule has 1 aromatic carbocycles. The fraction of sp³-hybridized carbons (Fsp3) is 0.533. The summed E-state index contributed by atoms with van der Waals surface area (Å²) in [5.41, 5.74) is 0.381. The highest BCUT2D eigenvalue weighted by molar-refractivity contribution is 7.62. The normalized spacial score (nSPS) is 11.4. The van der Waals surface area contributed by atoms with Crippen LogP contribution in [0.2, 0.25) is 0 Å². The van der Waals surface area contributed by atoms with E-state index >= 15 is 0 Å². The Hall–Kier alpha value is -1.16. The molecule has 0 bridgehead atoms. The molecule has 0 aliphatic heterocycles. The van der Waals surface area contributed by atoms with Crippen LogP contribution in [0.1, 0.15) is 38.1 Å². The first-order chi connectivity index (χ1) is 10.0. The van der Waals surface area contributed by atoms with Crippen molar-refractivity contribution in [1.82, 2.24) is 4.90 Å². The summed E-state index contributed by atoms with van der Waals surface area (Å²) in [6.07, 6.45) is 0. The zero-order valence-electron chi connectivity index (χ0n) is 13.2. The highest BCUT2D eigenvalue weighted by Crippen LogP contribution is 2.47. The first kappa shape index (κ1) is 17.9. The molecule has 0 unspecified atom stereocenters. The SMILES string of the molecule is CCOP(=O)(OCC)c1ccccc1C(=O)N(CC)CC. The van der Waals surface area contributed by atoms with Gasteiger partial charge in [-0.15, -0.1) is 0 Å². The molecule has 1 rings (SSSR count). The number of hydrogen-bond donors (Lipinski definition) is 0. The van der Waals surface area contributed by atoms with Gasteiger partial charge in [0.05, 0.1) is 24.1 Å². The van der Waals surface area contributed by atoms with Crippen LogP contribution in [0.5, 0.6) is 0 Å². The molecule has 0 atom stereocenters. The van der Waals surface area contributed by atoms with Gasteiger partial charge in [0.2, 0.25) is 0 Å². The van der Waals surface area contributed by atoms with E-state index in [1.54, 1.807) is 43.0 Å². The Labute approximate surface area is 126 Å². The minimum Gasteiger partial charge on any atom is -0.339 e. The van der Waals surface area contributed by atoms with Gasteiger partial charge >= 0.3 is 7.60 Å². The molecular weight excluding hydrogens is 289 g/mol. The van der Waals surface area contributed by atoms with Crippen molar-refractivity contribution in [3.05, 3.63) is 29.8 Å². The van der Waals surface area contributed by atoms with Crippen molar-refractivity contribution in [2.45, 2.75) is 27.7 Å². The van der Waals surface area contributed by atoms with Crippen molar-refractivity contribution < 1.29 is 18.4 Å². The van der Waals surface area contributed by atoms with Gasteiger partial charge in [0, 0.05) is 13.1 Å². The van der Waals surface area contributed by atoms with E-state index in [-0.39, 0.29) is 19.1 Å². The molecule has 0 heterocycles. The van der Waals surface area contributed by atoms with Crippen LogP contribution in [-0.2, 0) is 13.6 Å². The Morgan fingerprint density at radius 1 is 1.05 bits per heavy atom. The Morgan fingerprint density at radius 2 is 1.57 bits per heavy atom. The predicted octanol–water partition coefficient (Wildman–Crippen LogP) is 3.06. The van der Waals surface area contributed by atoms with Gasteiger partial charge in [-0.05, 0) is 39.8 Å². The number of nitrogens with zero attached hydrogens (tertiary/aromatic N) is 1. The molecule has 0 radical (unpaired) electrons. The zero-order chi connectivity index (χ0) is 15.9. The lowest BCUT2D eigenvalue weighted by molar-refractivity contribution is 0.0773. The van der Waals surface area contributed by atoms with Crippen molar-refractivity contribution in [1.29, 1.82) is 0 Å². The maximum absolute atomic E-state index is 12.9. The maximum atomic E-state index is 12.9. The van der Waals surface area contributed by atoms with Crippen LogP contribution in [0, 0.1) is 0 Å². The second-order valence-corrected chi connectivity index (χ2v) is 6.32. The van der Waals surface area contributed by atoms with E-state index in [2.05, 4.69) is 0 Å². The van der Waals surface area contributed by atoms with Crippen LogP contribution >= 0.6 is 7.60 Å². The molecule has 0 N–H and O–H groups in total. The number of amides is 1. The summed E-state index contributed by atoms with van der Waals surface area (Å²) in [4.78, 5) is 14.3. The summed E-state index contributed by atoms with van der Waals surface area (Å²) in [6, 6.07) is 6.80. The highest BCUT2D eigenvalue weighted by Gasteiger charge is 2.32. The molecule has 0 aliphatic rings. The van der Waals surface area contributed by atoms with Gasteiger partial charge in [-0.1, -0.05) is 12.1 Å². The zero-order valence-corrected chi connectivity index (χ0v) is 14.1. The molecule has 5 nitrogen and oxygen atoms in total. The molecule has 6 heteroatoms. The summed E-state index contributed by atoms with van der Waals surface area (Å²) < 4.78 is 23.6. The minimum absolute atomic E-state index is 0.157. The van der Waals surface area contributed by atoms with Crippen LogP contribution in [-0.4, -0.2) is 37.1 Å². The number of carbonyl (C=O) groups is 1. The second kappa shape index (κ2) is 8.32. The molecule has 0 saturated heterocycles. The number of rotatable bonds is 8. The second-order valence-electron chi connectivity index (χ2n) is 4.33. The van der Waals surface area contributed by atoms with Crippen LogP contribution < -0.4 is 5.30 Å². The molecule has 0 aromatic heterocycles. The van der Waals surface area contributed by atoms with Crippen molar-refractivity contribution in [3.8, 4) is 0 Å². The molecule has 0 spiro atoms. The Morgan fingerprint density at radius 3 is 2.05 bits per heavy atom. The number of benzene rings is 1. The standard InChI is InChI=1S/C15H24NO4P/c1-5-16(6-2)15(17)13-11-9-10-12-14(13)21(18,19-7-3)20-8-4/h9-12H,5-8H2,1-4H3. The van der Waals surface area contributed by atoms with E-state index in [4.69, 9.17) is 9.05 Å². The average Bonchev–Trinajstić information content (AvgIpc) is 2.49. The van der Waals surface area contributed by atoms with Gasteiger partial charge < -0.3 is 13.9 Å². The predicted molar refractivity (Wildman–Crippen MR) is 84.2 cm³/mol. The summed E-state index contributed by atoms with van der Waals surface area (Å²) in [7, 11) is -3.47. The third kappa shape index (κ3) is 4.16. The van der Waals surface area contributed by atoms with Crippen molar-refractivity contribution >= 4 is 18.8 Å². The molecule has 0 aliphatic carbocycles. The largest absolute Gasteiger partial charge is 0.362 e. The average molecular weight is 313 g/mol. The first-order valence-corrected chi connectivity index (χ1v) is 8.86. The maximum Gasteiger partial charge on any atom is 0.362 e. The van der Waals surface area contributed by atoms with E-state index in [0.717, 1.165) is 0 Å². The number of carbonyl (C=O) groups excluding carboxylic acids is 1. The van der Waals surface area contributed by atoms with Gasteiger partial charge in [0.15, 0.2) is 0 Å². The van der Waals surface area contributed by atoms with Crippen LogP contribution in [0.4, 0.5) is 0 Å². The van der Waals surface area contributed by atoms with E-state index in [1.807, 2.05) is 13.8 Å². The summed E-state index contributed by atoms with van der Waals surface area (Å²) >= 11 is 0. The lowest BCUT2D eigenvalue weighted by atomic mass is 10.2. The minimum atomic E-state index is -3.47. The van der Waals surface area contributed by atoms with Crippen LogP contribution in [0.3, 0.4) is 0 Å². The lowest BCUT2D eigenvalue weighted by Gasteiger charge is -2.23. The lowest BCUT2D eigenvalue weighted by Crippen LogP contribution is -2.34. The van der Waals surface area contributed by atoms with Crippen molar-refractivity contribution in [3.63, 3.8) is 0 Å². The van der Waals surface area contributed by atoms with Gasteiger partial charge in [0.1, 0.15) is 0 Å². The van der Waals surface area contributed by atoms with E-state index < -0.39 is 7.60 Å². The molecule has 1 amide bonds. The van der Waals surface area contributed by atoms with Crippen LogP contribution in [0.25, 0.3) is 0 Å². The molecule has 0 fully saturated rings. The third-order valence-corrected chi connectivity index (χ3v) is 5.25. The van der Waals surface area contributed by atoms with Crippen molar-refractivity contribution in [2.24, 2.45) is 0 Å². The van der Waals surface area contributed by atoms with Gasteiger partial charge in [0.25, 0.3) is 5.91 Å². The first-order valence-electron chi connectivity index (χ1n) is 7.31. The van der Waals surface area contributed by atoms with E-state index in [9.17, 15) is 9.36 Å². The molecule has 0 saturated carbocycles. The summed E-state index contributed by atoms with van der Waals surface area (Å²) in [6.45, 7) is 9.02. The number of hydrogen-bond acceptors (Lipinski definition) is 4. The van der Waals surface area contributed by atoms with Crippen molar-refractivity contribution in [2.75, 3.05) is 26.3 Å². The van der Waals surface area contributed by atoms with E-state index in [0.29, 0.717) is 24.0 Å².